The average Bonchev–Trinajstić information content (AvgIpc) is 3.36. The summed E-state index contributed by atoms with van der Waals surface area (Å²) in [5.41, 5.74) is 0. The van der Waals surface area contributed by atoms with Gasteiger partial charge in [-0.05, 0) is 51.4 Å². The summed E-state index contributed by atoms with van der Waals surface area (Å²) in [6.07, 6.45) is 72.3. The lowest BCUT2D eigenvalue weighted by Gasteiger charge is -2.22. The van der Waals surface area contributed by atoms with Crippen LogP contribution in [-0.4, -0.2) is 47.4 Å². The number of allylic oxidation sites excluding steroid dienone is 2. The summed E-state index contributed by atoms with van der Waals surface area (Å²) in [5, 5.41) is 23.4. The van der Waals surface area contributed by atoms with Crippen LogP contribution in [0.25, 0.3) is 0 Å². The number of hydrogen-bond donors (Lipinski definition) is 3. The molecule has 0 aliphatic carbocycles. The quantitative estimate of drug-likeness (QED) is 0.0321. The van der Waals surface area contributed by atoms with Crippen molar-refractivity contribution in [2.75, 3.05) is 13.2 Å². The van der Waals surface area contributed by atoms with Gasteiger partial charge in [0, 0.05) is 12.8 Å². The van der Waals surface area contributed by atoms with Crippen LogP contribution in [0.4, 0.5) is 0 Å². The van der Waals surface area contributed by atoms with E-state index in [1.807, 2.05) is 0 Å². The zero-order valence-corrected chi connectivity index (χ0v) is 47.5. The summed E-state index contributed by atoms with van der Waals surface area (Å²) in [4.78, 5) is 24.6. The standard InChI is InChI=1S/C64H125NO5/c1-3-5-7-9-11-13-15-17-19-21-23-24-25-26-27-28-29-31-33-36-40-44-48-52-56-62(67)61(60-66)65-63(68)57-53-49-45-41-37-35-39-43-47-51-55-59-70-64(69)58-54-50-46-42-38-34-32-30-22-20-18-16-14-12-10-8-6-4-2/h39,43,61-62,66-67H,3-38,40-42,44-60H2,1-2H3,(H,65,68)/b43-39-. The first-order valence-corrected chi connectivity index (χ1v) is 31.9. The number of carbonyl (C=O) groups excluding carboxylic acids is 2. The minimum atomic E-state index is -0.683. The van der Waals surface area contributed by atoms with Crippen molar-refractivity contribution in [3.8, 4) is 0 Å². The number of unbranched alkanes of at least 4 members (excludes halogenated alkanes) is 47. The van der Waals surface area contributed by atoms with Crippen LogP contribution in [0.15, 0.2) is 12.2 Å². The topological polar surface area (TPSA) is 95.9 Å². The second-order valence-electron chi connectivity index (χ2n) is 22.1. The molecular weight excluding hydrogens is 863 g/mol. The molecule has 0 aromatic carbocycles. The number of carbonyl (C=O) groups is 2. The lowest BCUT2D eigenvalue weighted by molar-refractivity contribution is -0.143. The highest BCUT2D eigenvalue weighted by Gasteiger charge is 2.20. The third-order valence-corrected chi connectivity index (χ3v) is 15.1. The van der Waals surface area contributed by atoms with Crippen molar-refractivity contribution < 1.29 is 24.5 Å². The number of esters is 1. The van der Waals surface area contributed by atoms with Crippen LogP contribution in [0.3, 0.4) is 0 Å². The Morgan fingerprint density at radius 1 is 0.386 bits per heavy atom. The number of ether oxygens (including phenoxy) is 1. The second-order valence-corrected chi connectivity index (χ2v) is 22.1. The molecule has 0 radical (unpaired) electrons. The van der Waals surface area contributed by atoms with Gasteiger partial charge in [0.25, 0.3) is 0 Å². The molecule has 0 aromatic rings. The first kappa shape index (κ1) is 68.6. The van der Waals surface area contributed by atoms with Gasteiger partial charge in [-0.3, -0.25) is 9.59 Å². The monoisotopic (exact) mass is 988 g/mol. The van der Waals surface area contributed by atoms with Gasteiger partial charge in [-0.15, -0.1) is 0 Å². The van der Waals surface area contributed by atoms with Crippen molar-refractivity contribution >= 4 is 11.9 Å². The third-order valence-electron chi connectivity index (χ3n) is 15.1. The molecule has 0 aromatic heterocycles. The van der Waals surface area contributed by atoms with E-state index >= 15 is 0 Å². The molecule has 0 aliphatic heterocycles. The molecule has 2 unspecified atom stereocenters. The molecule has 1 amide bonds. The van der Waals surface area contributed by atoms with E-state index in [1.165, 1.54) is 250 Å². The first-order chi connectivity index (χ1) is 34.5. The number of hydrogen-bond acceptors (Lipinski definition) is 5. The van der Waals surface area contributed by atoms with E-state index < -0.39 is 12.1 Å². The van der Waals surface area contributed by atoms with E-state index in [4.69, 9.17) is 4.74 Å². The Labute approximate surface area is 438 Å². The van der Waals surface area contributed by atoms with Crippen LogP contribution in [-0.2, 0) is 14.3 Å². The number of nitrogens with one attached hydrogen (secondary N) is 1. The lowest BCUT2D eigenvalue weighted by atomic mass is 10.0. The van der Waals surface area contributed by atoms with Crippen molar-refractivity contribution in [2.24, 2.45) is 0 Å². The number of aliphatic hydroxyl groups excluding tert-OH is 2. The molecule has 70 heavy (non-hydrogen) atoms. The van der Waals surface area contributed by atoms with Crippen molar-refractivity contribution in [3.05, 3.63) is 12.2 Å². The molecule has 0 rings (SSSR count). The van der Waals surface area contributed by atoms with Gasteiger partial charge in [-0.25, -0.2) is 0 Å². The molecule has 6 heteroatoms. The minimum Gasteiger partial charge on any atom is -0.466 e. The van der Waals surface area contributed by atoms with Crippen LogP contribution >= 0.6 is 0 Å². The molecule has 2 atom stereocenters. The molecule has 3 N–H and O–H groups in total. The number of aliphatic hydroxyl groups is 2. The normalized spacial score (nSPS) is 12.6. The Morgan fingerprint density at radius 2 is 0.671 bits per heavy atom. The van der Waals surface area contributed by atoms with Crippen molar-refractivity contribution in [3.63, 3.8) is 0 Å². The minimum absolute atomic E-state index is 0.0253. The Bertz CT molecular complexity index is 1050. The fraction of sp³-hybridized carbons (Fsp3) is 0.938. The molecule has 0 saturated heterocycles. The summed E-state index contributed by atoms with van der Waals surface area (Å²) >= 11 is 0. The molecule has 0 heterocycles. The van der Waals surface area contributed by atoms with E-state index in [-0.39, 0.29) is 18.5 Å². The summed E-state index contributed by atoms with van der Waals surface area (Å²) in [7, 11) is 0. The second kappa shape index (κ2) is 60.2. The van der Waals surface area contributed by atoms with Gasteiger partial charge in [0.2, 0.25) is 5.91 Å². The van der Waals surface area contributed by atoms with Gasteiger partial charge >= 0.3 is 5.97 Å². The zero-order chi connectivity index (χ0) is 50.7. The van der Waals surface area contributed by atoms with Crippen molar-refractivity contribution in [1.29, 1.82) is 0 Å². The molecule has 0 spiro atoms. The maximum atomic E-state index is 12.5. The summed E-state index contributed by atoms with van der Waals surface area (Å²) in [5.74, 6) is -0.0844. The lowest BCUT2D eigenvalue weighted by Crippen LogP contribution is -2.45. The largest absolute Gasteiger partial charge is 0.466 e. The van der Waals surface area contributed by atoms with E-state index in [9.17, 15) is 19.8 Å². The van der Waals surface area contributed by atoms with Gasteiger partial charge in [-0.2, -0.15) is 0 Å². The summed E-state index contributed by atoms with van der Waals surface area (Å²) in [6.45, 7) is 4.92. The van der Waals surface area contributed by atoms with E-state index in [1.54, 1.807) is 0 Å². The van der Waals surface area contributed by atoms with Gasteiger partial charge in [0.15, 0.2) is 0 Å². The predicted molar refractivity (Wildman–Crippen MR) is 306 cm³/mol. The third kappa shape index (κ3) is 55.9. The Hall–Kier alpha value is -1.40. The fourth-order valence-electron chi connectivity index (χ4n) is 10.2. The van der Waals surface area contributed by atoms with Gasteiger partial charge in [0.05, 0.1) is 25.4 Å². The van der Waals surface area contributed by atoms with Gasteiger partial charge in [0.1, 0.15) is 0 Å². The van der Waals surface area contributed by atoms with Crippen molar-refractivity contribution in [2.45, 2.75) is 373 Å². The van der Waals surface area contributed by atoms with Gasteiger partial charge < -0.3 is 20.3 Å². The van der Waals surface area contributed by atoms with Crippen LogP contribution in [0.2, 0.25) is 0 Å². The Morgan fingerprint density at radius 3 is 1.01 bits per heavy atom. The smallest absolute Gasteiger partial charge is 0.305 e. The molecule has 416 valence electrons. The fourth-order valence-corrected chi connectivity index (χ4v) is 10.2. The van der Waals surface area contributed by atoms with Crippen LogP contribution < -0.4 is 5.32 Å². The molecule has 0 aliphatic rings. The molecule has 6 nitrogen and oxygen atoms in total. The average molecular weight is 989 g/mol. The molecular formula is C64H125NO5. The zero-order valence-electron chi connectivity index (χ0n) is 47.5. The first-order valence-electron chi connectivity index (χ1n) is 31.9. The highest BCUT2D eigenvalue weighted by molar-refractivity contribution is 5.76. The van der Waals surface area contributed by atoms with Crippen LogP contribution in [0, 0.1) is 0 Å². The predicted octanol–water partition coefficient (Wildman–Crippen LogP) is 20.0. The van der Waals surface area contributed by atoms with Crippen molar-refractivity contribution in [1.82, 2.24) is 5.32 Å². The van der Waals surface area contributed by atoms with E-state index in [0.29, 0.717) is 25.9 Å². The Kier molecular flexibility index (Phi) is 59.0. The molecule has 0 fully saturated rings. The number of amides is 1. The highest BCUT2D eigenvalue weighted by atomic mass is 16.5. The van der Waals surface area contributed by atoms with Crippen LogP contribution in [0.1, 0.15) is 361 Å². The molecule has 0 saturated carbocycles. The highest BCUT2D eigenvalue weighted by Crippen LogP contribution is 2.18. The van der Waals surface area contributed by atoms with E-state index in [0.717, 1.165) is 77.0 Å². The summed E-state index contributed by atoms with van der Waals surface area (Å²) < 4.78 is 5.47. The van der Waals surface area contributed by atoms with Gasteiger partial charge in [-0.1, -0.05) is 309 Å². The maximum absolute atomic E-state index is 12.5. The van der Waals surface area contributed by atoms with Crippen LogP contribution in [0.5, 0.6) is 0 Å². The number of rotatable bonds is 60. The Balaban J connectivity index is 3.46. The van der Waals surface area contributed by atoms with E-state index in [2.05, 4.69) is 31.3 Å². The summed E-state index contributed by atoms with van der Waals surface area (Å²) in [6, 6.07) is -0.563. The maximum Gasteiger partial charge on any atom is 0.305 e. The molecule has 0 bridgehead atoms. The SMILES string of the molecule is CCCCCCCCCCCCCCCCCCCCCCCCCCC(O)C(CO)NC(=O)CCCCCCC/C=C\CCCCOC(=O)CCCCCCCCCCCCCCCCCCCC.